The normalized spacial score (nSPS) is 20.2. The molecule has 17 heavy (non-hydrogen) atoms. The lowest BCUT2D eigenvalue weighted by molar-refractivity contribution is 0.0951. The van der Waals surface area contributed by atoms with Gasteiger partial charge in [0.25, 0.3) is 5.91 Å². The van der Waals surface area contributed by atoms with Gasteiger partial charge in [-0.2, -0.15) is 0 Å². The van der Waals surface area contributed by atoms with Gasteiger partial charge in [-0.3, -0.25) is 9.78 Å². The molecule has 1 saturated carbocycles. The average molecular weight is 256 g/mol. The van der Waals surface area contributed by atoms with Crippen LogP contribution in [0.2, 0.25) is 0 Å². The van der Waals surface area contributed by atoms with E-state index in [1.807, 2.05) is 0 Å². The molecule has 0 saturated heterocycles. The Morgan fingerprint density at radius 3 is 2.82 bits per heavy atom. The molecule has 0 bridgehead atoms. The molecule has 1 amide bonds. The van der Waals surface area contributed by atoms with Gasteiger partial charge in [0.05, 0.1) is 5.56 Å². The van der Waals surface area contributed by atoms with Crippen molar-refractivity contribution in [3.63, 3.8) is 0 Å². The predicted octanol–water partition coefficient (Wildman–Crippen LogP) is 1.86. The molecule has 94 valence electrons. The highest BCUT2D eigenvalue weighted by atomic mass is 35.5. The number of anilines is 1. The maximum absolute atomic E-state index is 11.8. The first-order valence-electron chi connectivity index (χ1n) is 5.48. The topological polar surface area (TPSA) is 68.0 Å². The van der Waals surface area contributed by atoms with Crippen LogP contribution in [0.15, 0.2) is 18.5 Å². The van der Waals surface area contributed by atoms with E-state index in [0.717, 1.165) is 6.54 Å². The van der Waals surface area contributed by atoms with Gasteiger partial charge in [0.2, 0.25) is 0 Å². The van der Waals surface area contributed by atoms with Gasteiger partial charge in [-0.1, -0.05) is 13.8 Å². The highest BCUT2D eigenvalue weighted by Crippen LogP contribution is 2.50. The second kappa shape index (κ2) is 4.92. The number of rotatable bonds is 3. The van der Waals surface area contributed by atoms with E-state index in [9.17, 15) is 4.79 Å². The van der Waals surface area contributed by atoms with E-state index in [1.165, 1.54) is 12.6 Å². The van der Waals surface area contributed by atoms with Crippen LogP contribution in [0.5, 0.6) is 0 Å². The van der Waals surface area contributed by atoms with Crippen LogP contribution in [0.1, 0.15) is 30.6 Å². The molecule has 0 spiro atoms. The maximum atomic E-state index is 11.8. The van der Waals surface area contributed by atoms with E-state index >= 15 is 0 Å². The van der Waals surface area contributed by atoms with Crippen LogP contribution in [0, 0.1) is 11.3 Å². The SMILES string of the molecule is CC1(C)CC1CNC(=O)c1cnccc1N.Cl. The molecule has 1 aromatic heterocycles. The molecule has 1 aliphatic rings. The summed E-state index contributed by atoms with van der Waals surface area (Å²) in [7, 11) is 0. The van der Waals surface area contributed by atoms with E-state index in [1.54, 1.807) is 12.3 Å². The molecule has 0 aliphatic heterocycles. The first-order chi connectivity index (χ1) is 7.50. The number of carbonyl (C=O) groups excluding carboxylic acids is 1. The molecule has 1 heterocycles. The molecule has 2 rings (SSSR count). The van der Waals surface area contributed by atoms with Crippen molar-refractivity contribution < 1.29 is 4.79 Å². The zero-order valence-electron chi connectivity index (χ0n) is 10.1. The van der Waals surface area contributed by atoms with Gasteiger partial charge in [0.15, 0.2) is 0 Å². The van der Waals surface area contributed by atoms with Gasteiger partial charge in [0.1, 0.15) is 0 Å². The molecule has 5 heteroatoms. The maximum Gasteiger partial charge on any atom is 0.254 e. The summed E-state index contributed by atoms with van der Waals surface area (Å²) in [5.74, 6) is 0.461. The van der Waals surface area contributed by atoms with Crippen molar-refractivity contribution in [1.29, 1.82) is 0 Å². The van der Waals surface area contributed by atoms with Crippen molar-refractivity contribution in [3.8, 4) is 0 Å². The number of aromatic nitrogens is 1. The zero-order valence-corrected chi connectivity index (χ0v) is 10.9. The highest BCUT2D eigenvalue weighted by molar-refractivity contribution is 5.98. The Hall–Kier alpha value is -1.29. The van der Waals surface area contributed by atoms with Crippen molar-refractivity contribution in [1.82, 2.24) is 10.3 Å². The van der Waals surface area contributed by atoms with Crippen molar-refractivity contribution >= 4 is 24.0 Å². The number of halogens is 1. The lowest BCUT2D eigenvalue weighted by atomic mass is 10.1. The monoisotopic (exact) mass is 255 g/mol. The lowest BCUT2D eigenvalue weighted by Crippen LogP contribution is -2.27. The third-order valence-electron chi connectivity index (χ3n) is 3.33. The lowest BCUT2D eigenvalue weighted by Gasteiger charge is -2.07. The van der Waals surface area contributed by atoms with Gasteiger partial charge in [-0.05, 0) is 23.8 Å². The van der Waals surface area contributed by atoms with Crippen LogP contribution in [0.4, 0.5) is 5.69 Å². The van der Waals surface area contributed by atoms with E-state index < -0.39 is 0 Å². The summed E-state index contributed by atoms with van der Waals surface area (Å²) < 4.78 is 0. The van der Waals surface area contributed by atoms with Gasteiger partial charge in [0, 0.05) is 24.6 Å². The second-order valence-corrected chi connectivity index (χ2v) is 5.06. The van der Waals surface area contributed by atoms with Gasteiger partial charge in [-0.25, -0.2) is 0 Å². The summed E-state index contributed by atoms with van der Waals surface area (Å²) in [6.45, 7) is 5.14. The fourth-order valence-corrected chi connectivity index (χ4v) is 1.83. The fourth-order valence-electron chi connectivity index (χ4n) is 1.83. The van der Waals surface area contributed by atoms with E-state index in [2.05, 4.69) is 24.1 Å². The van der Waals surface area contributed by atoms with Gasteiger partial charge < -0.3 is 11.1 Å². The Balaban J connectivity index is 0.00000144. The predicted molar refractivity (Wildman–Crippen MR) is 70.1 cm³/mol. The number of hydrogen-bond donors (Lipinski definition) is 2. The molecule has 3 N–H and O–H groups in total. The number of nitrogens with two attached hydrogens (primary N) is 1. The van der Waals surface area contributed by atoms with Crippen molar-refractivity contribution in [2.24, 2.45) is 11.3 Å². The van der Waals surface area contributed by atoms with Crippen LogP contribution >= 0.6 is 12.4 Å². The molecule has 4 nitrogen and oxygen atoms in total. The van der Waals surface area contributed by atoms with Crippen LogP contribution in [-0.2, 0) is 0 Å². The van der Waals surface area contributed by atoms with Crippen LogP contribution in [0.3, 0.4) is 0 Å². The number of nitrogen functional groups attached to an aromatic ring is 1. The summed E-state index contributed by atoms with van der Waals surface area (Å²) in [4.78, 5) is 15.7. The standard InChI is InChI=1S/C12H17N3O.ClH/c1-12(2)5-8(12)6-15-11(16)9-7-14-4-3-10(9)13;/h3-4,7-8H,5-6H2,1-2H3,(H2,13,14)(H,15,16);1H. The molecule has 0 radical (unpaired) electrons. The largest absolute Gasteiger partial charge is 0.398 e. The molecule has 1 atom stereocenters. The highest BCUT2D eigenvalue weighted by Gasteiger charge is 2.45. The van der Waals surface area contributed by atoms with Crippen molar-refractivity contribution in [2.75, 3.05) is 12.3 Å². The molecular formula is C12H18ClN3O. The zero-order chi connectivity index (χ0) is 11.8. The Morgan fingerprint density at radius 1 is 1.65 bits per heavy atom. The van der Waals surface area contributed by atoms with Crippen molar-refractivity contribution in [2.45, 2.75) is 20.3 Å². The Kier molecular flexibility index (Phi) is 3.98. The minimum Gasteiger partial charge on any atom is -0.398 e. The smallest absolute Gasteiger partial charge is 0.254 e. The number of pyridine rings is 1. The van der Waals surface area contributed by atoms with Gasteiger partial charge in [-0.15, -0.1) is 12.4 Å². The molecule has 1 fully saturated rings. The van der Waals surface area contributed by atoms with Gasteiger partial charge >= 0.3 is 0 Å². The molecule has 1 aromatic rings. The number of nitrogens with one attached hydrogen (secondary N) is 1. The van der Waals surface area contributed by atoms with Crippen LogP contribution in [-0.4, -0.2) is 17.4 Å². The Bertz CT molecular complexity index is 420. The molecule has 1 unspecified atom stereocenters. The molecule has 1 aliphatic carbocycles. The van der Waals surface area contributed by atoms with E-state index in [4.69, 9.17) is 5.73 Å². The number of carbonyl (C=O) groups is 1. The number of amides is 1. The summed E-state index contributed by atoms with van der Waals surface area (Å²) >= 11 is 0. The summed E-state index contributed by atoms with van der Waals surface area (Å²) in [6.07, 6.45) is 4.26. The van der Waals surface area contributed by atoms with Crippen molar-refractivity contribution in [3.05, 3.63) is 24.0 Å². The Morgan fingerprint density at radius 2 is 2.29 bits per heavy atom. The van der Waals surface area contributed by atoms with Crippen LogP contribution < -0.4 is 11.1 Å². The summed E-state index contributed by atoms with van der Waals surface area (Å²) in [5, 5.41) is 2.90. The van der Waals surface area contributed by atoms with Crippen LogP contribution in [0.25, 0.3) is 0 Å². The minimum atomic E-state index is -0.131. The number of nitrogens with zero attached hydrogens (tertiary/aromatic N) is 1. The summed E-state index contributed by atoms with van der Waals surface area (Å²) in [6, 6.07) is 1.63. The quantitative estimate of drug-likeness (QED) is 0.866. The van der Waals surface area contributed by atoms with E-state index in [0.29, 0.717) is 22.6 Å². The third-order valence-corrected chi connectivity index (χ3v) is 3.33. The fraction of sp³-hybridized carbons (Fsp3) is 0.500. The van der Waals surface area contributed by atoms with E-state index in [-0.39, 0.29) is 18.3 Å². The summed E-state index contributed by atoms with van der Waals surface area (Å²) in [5.41, 5.74) is 7.01. The average Bonchev–Trinajstić information content (AvgIpc) is 2.84. The second-order valence-electron chi connectivity index (χ2n) is 5.06. The molecular weight excluding hydrogens is 238 g/mol. The minimum absolute atomic E-state index is 0. The number of hydrogen-bond acceptors (Lipinski definition) is 3. The molecule has 0 aromatic carbocycles. The Labute approximate surface area is 107 Å². The first-order valence-corrected chi connectivity index (χ1v) is 5.48. The third kappa shape index (κ3) is 3.09. The first kappa shape index (κ1) is 13.8.